The molecule has 4 nitrogen and oxygen atoms in total. The first-order chi connectivity index (χ1) is 9.52. The van der Waals surface area contributed by atoms with E-state index in [-0.39, 0.29) is 5.91 Å². The summed E-state index contributed by atoms with van der Waals surface area (Å²) in [6.45, 7) is 0. The van der Waals surface area contributed by atoms with Crippen molar-refractivity contribution >= 4 is 17.3 Å². The van der Waals surface area contributed by atoms with E-state index < -0.39 is 5.82 Å². The number of ether oxygens (including phenoxy) is 1. The van der Waals surface area contributed by atoms with Gasteiger partial charge in [-0.05, 0) is 30.3 Å². The van der Waals surface area contributed by atoms with Gasteiger partial charge in [-0.2, -0.15) is 0 Å². The monoisotopic (exact) mass is 274 g/mol. The van der Waals surface area contributed by atoms with Crippen molar-refractivity contribution in [3.05, 3.63) is 53.8 Å². The molecule has 2 aromatic carbocycles. The van der Waals surface area contributed by atoms with Crippen molar-refractivity contribution in [1.29, 1.82) is 0 Å². The quantitative estimate of drug-likeness (QED) is 0.875. The largest absolute Gasteiger partial charge is 0.497 e. The average molecular weight is 274 g/mol. The van der Waals surface area contributed by atoms with Crippen LogP contribution in [0, 0.1) is 5.82 Å². The summed E-state index contributed by atoms with van der Waals surface area (Å²) in [5, 5.41) is 0. The van der Waals surface area contributed by atoms with E-state index in [1.807, 2.05) is 0 Å². The van der Waals surface area contributed by atoms with Gasteiger partial charge in [0.25, 0.3) is 5.91 Å². The van der Waals surface area contributed by atoms with Gasteiger partial charge < -0.3 is 15.4 Å². The van der Waals surface area contributed by atoms with Gasteiger partial charge in [-0.1, -0.05) is 6.07 Å². The van der Waals surface area contributed by atoms with E-state index in [1.54, 1.807) is 37.4 Å². The van der Waals surface area contributed by atoms with Gasteiger partial charge in [0, 0.05) is 24.5 Å². The number of rotatable bonds is 3. The molecule has 0 aliphatic rings. The third-order valence-corrected chi connectivity index (χ3v) is 2.99. The number of nitrogens with two attached hydrogens (primary N) is 1. The number of carbonyl (C=O) groups is 1. The summed E-state index contributed by atoms with van der Waals surface area (Å²) >= 11 is 0. The topological polar surface area (TPSA) is 55.6 Å². The summed E-state index contributed by atoms with van der Waals surface area (Å²) < 4.78 is 18.2. The molecule has 0 unspecified atom stereocenters. The molecule has 0 spiro atoms. The van der Waals surface area contributed by atoms with Crippen LogP contribution in [0.5, 0.6) is 5.75 Å². The lowest BCUT2D eigenvalue weighted by atomic mass is 10.1. The minimum absolute atomic E-state index is 0.309. The summed E-state index contributed by atoms with van der Waals surface area (Å²) in [7, 11) is 3.09. The van der Waals surface area contributed by atoms with Crippen LogP contribution >= 0.6 is 0 Å². The van der Waals surface area contributed by atoms with Crippen molar-refractivity contribution in [1.82, 2.24) is 0 Å². The van der Waals surface area contributed by atoms with Crippen LogP contribution in [-0.2, 0) is 0 Å². The van der Waals surface area contributed by atoms with Crippen molar-refractivity contribution in [3.63, 3.8) is 0 Å². The van der Waals surface area contributed by atoms with Crippen molar-refractivity contribution in [2.24, 2.45) is 0 Å². The standard InChI is InChI=1S/C15H15FN2O2/c1-18(11-5-3-4-10(16)8-11)15(19)13-7-6-12(20-2)9-14(13)17/h3-9H,17H2,1-2H3. The molecule has 104 valence electrons. The van der Waals surface area contributed by atoms with Crippen molar-refractivity contribution in [2.75, 3.05) is 24.8 Å². The van der Waals surface area contributed by atoms with Gasteiger partial charge >= 0.3 is 0 Å². The normalized spacial score (nSPS) is 10.2. The number of nitrogen functional groups attached to an aromatic ring is 1. The van der Waals surface area contributed by atoms with Gasteiger partial charge in [0.15, 0.2) is 0 Å². The molecule has 0 aromatic heterocycles. The van der Waals surface area contributed by atoms with E-state index in [4.69, 9.17) is 10.5 Å². The third-order valence-electron chi connectivity index (χ3n) is 2.99. The molecule has 0 atom stereocenters. The van der Waals surface area contributed by atoms with Gasteiger partial charge in [-0.15, -0.1) is 0 Å². The van der Waals surface area contributed by atoms with Crippen LogP contribution in [0.15, 0.2) is 42.5 Å². The Hall–Kier alpha value is -2.56. The first-order valence-electron chi connectivity index (χ1n) is 6.00. The maximum Gasteiger partial charge on any atom is 0.260 e. The molecular weight excluding hydrogens is 259 g/mol. The molecule has 2 aromatic rings. The van der Waals surface area contributed by atoms with E-state index in [0.29, 0.717) is 22.7 Å². The summed E-state index contributed by atoms with van der Waals surface area (Å²) in [5.41, 5.74) is 6.97. The first kappa shape index (κ1) is 13.9. The van der Waals surface area contributed by atoms with Gasteiger partial charge in [0.1, 0.15) is 11.6 Å². The van der Waals surface area contributed by atoms with Crippen LogP contribution < -0.4 is 15.4 Å². The van der Waals surface area contributed by atoms with Gasteiger partial charge in [0.2, 0.25) is 0 Å². The van der Waals surface area contributed by atoms with E-state index in [1.165, 1.54) is 24.1 Å². The predicted molar refractivity (Wildman–Crippen MR) is 76.5 cm³/mol. The Morgan fingerprint density at radius 1 is 1.25 bits per heavy atom. The molecular formula is C15H15FN2O2. The summed E-state index contributed by atoms with van der Waals surface area (Å²) in [4.78, 5) is 13.7. The molecule has 2 rings (SSSR count). The maximum absolute atomic E-state index is 13.2. The second kappa shape index (κ2) is 5.61. The molecule has 0 saturated heterocycles. The lowest BCUT2D eigenvalue weighted by molar-refractivity contribution is 0.0994. The number of anilines is 2. The molecule has 0 heterocycles. The Kier molecular flexibility index (Phi) is 3.89. The molecule has 0 radical (unpaired) electrons. The third kappa shape index (κ3) is 2.71. The van der Waals surface area contributed by atoms with E-state index in [2.05, 4.69) is 0 Å². The number of halogens is 1. The SMILES string of the molecule is COc1ccc(C(=O)N(C)c2cccc(F)c2)c(N)c1. The number of hydrogen-bond acceptors (Lipinski definition) is 3. The van der Waals surface area contributed by atoms with Gasteiger partial charge in [-0.25, -0.2) is 4.39 Å². The summed E-state index contributed by atoms with van der Waals surface area (Å²) in [6.07, 6.45) is 0. The fourth-order valence-corrected chi connectivity index (χ4v) is 1.85. The fraction of sp³-hybridized carbons (Fsp3) is 0.133. The highest BCUT2D eigenvalue weighted by Crippen LogP contribution is 2.23. The second-order valence-corrected chi connectivity index (χ2v) is 4.30. The van der Waals surface area contributed by atoms with Crippen LogP contribution in [0.2, 0.25) is 0 Å². The van der Waals surface area contributed by atoms with E-state index in [9.17, 15) is 9.18 Å². The van der Waals surface area contributed by atoms with Gasteiger partial charge in [0.05, 0.1) is 12.7 Å². The van der Waals surface area contributed by atoms with Crippen LogP contribution in [0.25, 0.3) is 0 Å². The van der Waals surface area contributed by atoms with E-state index >= 15 is 0 Å². The lowest BCUT2D eigenvalue weighted by Gasteiger charge is -2.18. The number of benzene rings is 2. The van der Waals surface area contributed by atoms with Gasteiger partial charge in [-0.3, -0.25) is 4.79 Å². The van der Waals surface area contributed by atoms with Crippen LogP contribution in [0.3, 0.4) is 0 Å². The predicted octanol–water partition coefficient (Wildman–Crippen LogP) is 2.69. The summed E-state index contributed by atoms with van der Waals surface area (Å²) in [6, 6.07) is 10.6. The van der Waals surface area contributed by atoms with Crippen molar-refractivity contribution in [3.8, 4) is 5.75 Å². The first-order valence-corrected chi connectivity index (χ1v) is 6.00. The molecule has 5 heteroatoms. The highest BCUT2D eigenvalue weighted by molar-refractivity contribution is 6.09. The molecule has 0 bridgehead atoms. The van der Waals surface area contributed by atoms with Crippen LogP contribution in [0.4, 0.5) is 15.8 Å². The minimum Gasteiger partial charge on any atom is -0.497 e. The smallest absolute Gasteiger partial charge is 0.260 e. The number of amides is 1. The molecule has 1 amide bonds. The second-order valence-electron chi connectivity index (χ2n) is 4.30. The Balaban J connectivity index is 2.31. The van der Waals surface area contributed by atoms with Crippen molar-refractivity contribution in [2.45, 2.75) is 0 Å². The zero-order valence-corrected chi connectivity index (χ0v) is 11.3. The van der Waals surface area contributed by atoms with E-state index in [0.717, 1.165) is 0 Å². The maximum atomic E-state index is 13.2. The molecule has 0 aliphatic heterocycles. The number of carbonyl (C=O) groups excluding carboxylic acids is 1. The van der Waals surface area contributed by atoms with Crippen molar-refractivity contribution < 1.29 is 13.9 Å². The average Bonchev–Trinajstić information content (AvgIpc) is 2.45. The zero-order chi connectivity index (χ0) is 14.7. The zero-order valence-electron chi connectivity index (χ0n) is 11.3. The van der Waals surface area contributed by atoms with Crippen LogP contribution in [-0.4, -0.2) is 20.1 Å². The van der Waals surface area contributed by atoms with Crippen LogP contribution in [0.1, 0.15) is 10.4 Å². The minimum atomic E-state index is -0.398. The lowest BCUT2D eigenvalue weighted by Crippen LogP contribution is -2.27. The highest BCUT2D eigenvalue weighted by atomic mass is 19.1. The fourth-order valence-electron chi connectivity index (χ4n) is 1.85. The molecule has 20 heavy (non-hydrogen) atoms. The number of methoxy groups -OCH3 is 1. The Morgan fingerprint density at radius 3 is 2.60 bits per heavy atom. The Morgan fingerprint density at radius 2 is 2.00 bits per heavy atom. The number of nitrogens with zero attached hydrogens (tertiary/aromatic N) is 1. The molecule has 0 fully saturated rings. The highest BCUT2D eigenvalue weighted by Gasteiger charge is 2.16. The molecule has 0 aliphatic carbocycles. The summed E-state index contributed by atoms with van der Waals surface area (Å²) in [5.74, 6) is -0.131. The Labute approximate surface area is 116 Å². The molecule has 2 N–H and O–H groups in total. The number of hydrogen-bond donors (Lipinski definition) is 1. The Bertz CT molecular complexity index is 644. The molecule has 0 saturated carbocycles.